The van der Waals surface area contributed by atoms with Crippen LogP contribution >= 0.6 is 0 Å². The van der Waals surface area contributed by atoms with Crippen LogP contribution in [0.5, 0.6) is 0 Å². The Morgan fingerprint density at radius 1 is 1.39 bits per heavy atom. The smallest absolute Gasteiger partial charge is 0.331 e. The maximum absolute atomic E-state index is 12.3. The standard InChI is InChI=1S/C12H18N2O4/c1-3-4-8(7-18-2)14-10(16)12(5-6-12)9(15)13-11(14)17/h8H,3-7H2,1-2H3,(H,13,15,17). The van der Waals surface area contributed by atoms with Crippen LogP contribution in [0.3, 0.4) is 0 Å². The van der Waals surface area contributed by atoms with Gasteiger partial charge in [-0.05, 0) is 19.3 Å². The van der Waals surface area contributed by atoms with Gasteiger partial charge in [-0.3, -0.25) is 19.8 Å². The second-order valence-electron chi connectivity index (χ2n) is 4.91. The third-order valence-corrected chi connectivity index (χ3v) is 3.60. The lowest BCUT2D eigenvalue weighted by molar-refractivity contribution is -0.147. The highest BCUT2D eigenvalue weighted by Gasteiger charge is 2.62. The van der Waals surface area contributed by atoms with E-state index in [2.05, 4.69) is 5.32 Å². The van der Waals surface area contributed by atoms with Gasteiger partial charge in [0.1, 0.15) is 5.41 Å². The average Bonchev–Trinajstić information content (AvgIpc) is 3.09. The first-order valence-electron chi connectivity index (χ1n) is 6.25. The molecule has 6 nitrogen and oxygen atoms in total. The molecule has 6 heteroatoms. The van der Waals surface area contributed by atoms with Crippen molar-refractivity contribution < 1.29 is 19.1 Å². The van der Waals surface area contributed by atoms with E-state index in [9.17, 15) is 14.4 Å². The number of nitrogens with zero attached hydrogens (tertiary/aromatic N) is 1. The number of barbiturate groups is 1. The van der Waals surface area contributed by atoms with Gasteiger partial charge in [-0.25, -0.2) is 4.79 Å². The summed E-state index contributed by atoms with van der Waals surface area (Å²) in [6.07, 6.45) is 2.59. The van der Waals surface area contributed by atoms with Crippen LogP contribution in [0.25, 0.3) is 0 Å². The van der Waals surface area contributed by atoms with Crippen molar-refractivity contribution in [1.29, 1.82) is 0 Å². The van der Waals surface area contributed by atoms with E-state index >= 15 is 0 Å². The number of ether oxygens (including phenoxy) is 1. The zero-order valence-corrected chi connectivity index (χ0v) is 10.7. The van der Waals surface area contributed by atoms with Gasteiger partial charge in [-0.2, -0.15) is 0 Å². The Hall–Kier alpha value is -1.43. The van der Waals surface area contributed by atoms with Crippen molar-refractivity contribution in [3.8, 4) is 0 Å². The number of rotatable bonds is 5. The van der Waals surface area contributed by atoms with Crippen LogP contribution in [0.2, 0.25) is 0 Å². The zero-order chi connectivity index (χ0) is 13.3. The van der Waals surface area contributed by atoms with Crippen LogP contribution < -0.4 is 5.32 Å². The molecule has 1 heterocycles. The lowest BCUT2D eigenvalue weighted by atomic mass is 9.99. The van der Waals surface area contributed by atoms with Crippen molar-refractivity contribution in [2.75, 3.05) is 13.7 Å². The van der Waals surface area contributed by atoms with Gasteiger partial charge in [0.2, 0.25) is 11.8 Å². The number of urea groups is 1. The lowest BCUT2D eigenvalue weighted by Gasteiger charge is -2.35. The molecule has 1 saturated heterocycles. The summed E-state index contributed by atoms with van der Waals surface area (Å²) in [4.78, 5) is 37.0. The molecule has 1 atom stereocenters. The van der Waals surface area contributed by atoms with Gasteiger partial charge in [0.25, 0.3) is 0 Å². The monoisotopic (exact) mass is 254 g/mol. The predicted octanol–water partition coefficient (Wildman–Crippen LogP) is 0.660. The molecule has 18 heavy (non-hydrogen) atoms. The van der Waals surface area contributed by atoms with Crippen molar-refractivity contribution in [3.63, 3.8) is 0 Å². The number of carbonyl (C=O) groups is 3. The quantitative estimate of drug-likeness (QED) is 0.731. The van der Waals surface area contributed by atoms with E-state index in [-0.39, 0.29) is 11.9 Å². The minimum absolute atomic E-state index is 0.293. The molecule has 2 fully saturated rings. The van der Waals surface area contributed by atoms with E-state index < -0.39 is 17.4 Å². The highest BCUT2D eigenvalue weighted by molar-refractivity contribution is 6.21. The number of nitrogens with one attached hydrogen (secondary N) is 1. The Morgan fingerprint density at radius 3 is 2.56 bits per heavy atom. The Bertz CT molecular complexity index is 384. The average molecular weight is 254 g/mol. The summed E-state index contributed by atoms with van der Waals surface area (Å²) in [6.45, 7) is 2.28. The molecule has 4 amide bonds. The van der Waals surface area contributed by atoms with Gasteiger partial charge in [0.15, 0.2) is 0 Å². The first-order valence-corrected chi connectivity index (χ1v) is 6.25. The summed E-state index contributed by atoms with van der Waals surface area (Å²) in [5, 5.41) is 2.28. The molecule has 100 valence electrons. The Balaban J connectivity index is 2.21. The van der Waals surface area contributed by atoms with Gasteiger partial charge >= 0.3 is 6.03 Å². The second-order valence-corrected chi connectivity index (χ2v) is 4.91. The SMILES string of the molecule is CCCC(COC)N1C(=O)NC(=O)C2(CC2)C1=O. The first kappa shape index (κ1) is 13.0. The van der Waals surface area contributed by atoms with Crippen molar-refractivity contribution in [3.05, 3.63) is 0 Å². The fourth-order valence-corrected chi connectivity index (χ4v) is 2.41. The highest BCUT2D eigenvalue weighted by Crippen LogP contribution is 2.49. The second kappa shape index (κ2) is 4.68. The van der Waals surface area contributed by atoms with Crippen LogP contribution in [0, 0.1) is 5.41 Å². The largest absolute Gasteiger partial charge is 0.383 e. The number of imide groups is 2. The number of carbonyl (C=O) groups excluding carboxylic acids is 3. The maximum atomic E-state index is 12.3. The molecule has 1 unspecified atom stereocenters. The minimum atomic E-state index is -0.965. The molecule has 1 saturated carbocycles. The van der Waals surface area contributed by atoms with Gasteiger partial charge < -0.3 is 4.74 Å². The lowest BCUT2D eigenvalue weighted by Crippen LogP contribution is -2.62. The third kappa shape index (κ3) is 1.90. The third-order valence-electron chi connectivity index (χ3n) is 3.60. The van der Waals surface area contributed by atoms with Gasteiger partial charge in [0, 0.05) is 7.11 Å². The molecule has 0 radical (unpaired) electrons. The summed E-state index contributed by atoms with van der Waals surface area (Å²) < 4.78 is 5.06. The molecule has 1 aliphatic heterocycles. The Kier molecular flexibility index (Phi) is 3.38. The van der Waals surface area contributed by atoms with E-state index in [0.717, 1.165) is 6.42 Å². The van der Waals surface area contributed by atoms with Crippen molar-refractivity contribution in [2.24, 2.45) is 5.41 Å². The summed E-state index contributed by atoms with van der Waals surface area (Å²) in [5.74, 6) is -0.798. The molecule has 1 N–H and O–H groups in total. The number of hydrogen-bond donors (Lipinski definition) is 1. The van der Waals surface area contributed by atoms with Crippen LogP contribution in [0.1, 0.15) is 32.6 Å². The number of amides is 4. The first-order chi connectivity index (χ1) is 8.56. The predicted molar refractivity (Wildman–Crippen MR) is 62.6 cm³/mol. The summed E-state index contributed by atoms with van der Waals surface area (Å²) >= 11 is 0. The van der Waals surface area contributed by atoms with E-state index in [1.165, 1.54) is 12.0 Å². The van der Waals surface area contributed by atoms with Gasteiger partial charge in [-0.1, -0.05) is 13.3 Å². The highest BCUT2D eigenvalue weighted by atomic mass is 16.5. The van der Waals surface area contributed by atoms with Crippen LogP contribution in [-0.2, 0) is 14.3 Å². The maximum Gasteiger partial charge on any atom is 0.331 e. The zero-order valence-electron chi connectivity index (χ0n) is 10.7. The number of hydrogen-bond acceptors (Lipinski definition) is 4. The molecular formula is C12H18N2O4. The molecule has 0 aromatic rings. The van der Waals surface area contributed by atoms with Gasteiger partial charge in [-0.15, -0.1) is 0 Å². The van der Waals surface area contributed by atoms with E-state index in [0.29, 0.717) is 25.9 Å². The topological polar surface area (TPSA) is 75.7 Å². The molecule has 1 aliphatic carbocycles. The van der Waals surface area contributed by atoms with Gasteiger partial charge in [0.05, 0.1) is 12.6 Å². The molecule has 0 bridgehead atoms. The van der Waals surface area contributed by atoms with Crippen molar-refractivity contribution in [2.45, 2.75) is 38.6 Å². The summed E-state index contributed by atoms with van der Waals surface area (Å²) in [7, 11) is 1.53. The Morgan fingerprint density at radius 2 is 2.06 bits per heavy atom. The van der Waals surface area contributed by atoms with Crippen molar-refractivity contribution >= 4 is 17.8 Å². The van der Waals surface area contributed by atoms with Crippen LogP contribution in [-0.4, -0.2) is 42.5 Å². The normalized spacial score (nSPS) is 23.2. The fraction of sp³-hybridized carbons (Fsp3) is 0.750. The number of methoxy groups -OCH3 is 1. The van der Waals surface area contributed by atoms with Crippen LogP contribution in [0.15, 0.2) is 0 Å². The fourth-order valence-electron chi connectivity index (χ4n) is 2.41. The molecule has 0 aromatic carbocycles. The molecule has 1 spiro atoms. The molecular weight excluding hydrogens is 236 g/mol. The van der Waals surface area contributed by atoms with Crippen molar-refractivity contribution in [1.82, 2.24) is 10.2 Å². The summed E-state index contributed by atoms with van der Waals surface area (Å²) in [6, 6.07) is -0.906. The molecule has 2 aliphatic rings. The van der Waals surface area contributed by atoms with E-state index in [1.54, 1.807) is 0 Å². The molecule has 2 rings (SSSR count). The Labute approximate surface area is 106 Å². The minimum Gasteiger partial charge on any atom is -0.383 e. The van der Waals surface area contributed by atoms with E-state index in [1.807, 2.05) is 6.92 Å². The van der Waals surface area contributed by atoms with E-state index in [4.69, 9.17) is 4.74 Å². The van der Waals surface area contributed by atoms with Crippen LogP contribution in [0.4, 0.5) is 4.79 Å². The molecule has 0 aromatic heterocycles. The summed E-state index contributed by atoms with van der Waals surface area (Å²) in [5.41, 5.74) is -0.965.